The van der Waals surface area contributed by atoms with Crippen LogP contribution < -0.4 is 16.0 Å². The Morgan fingerprint density at radius 2 is 1.91 bits per heavy atom. The van der Waals surface area contributed by atoms with Crippen LogP contribution in [0.4, 0.5) is 5.69 Å². The molecule has 0 saturated heterocycles. The summed E-state index contributed by atoms with van der Waals surface area (Å²) in [5.41, 5.74) is 7.40. The fourth-order valence-electron chi connectivity index (χ4n) is 2.27. The monoisotopic (exact) mass is 302 g/mol. The number of hydrogen-bond acceptors (Lipinski definition) is 4. The maximum atomic E-state index is 12.3. The molecule has 0 bridgehead atoms. The highest BCUT2D eigenvalue weighted by atomic mass is 16.5. The van der Waals surface area contributed by atoms with E-state index in [-0.39, 0.29) is 17.4 Å². The molecule has 1 aromatic carbocycles. The zero-order chi connectivity index (χ0) is 16.1. The summed E-state index contributed by atoms with van der Waals surface area (Å²) in [5.74, 6) is 0.743. The average Bonchev–Trinajstić information content (AvgIpc) is 2.49. The minimum Gasteiger partial charge on any atom is -0.490 e. The molecule has 0 saturated carbocycles. The van der Waals surface area contributed by atoms with Crippen LogP contribution in [0, 0.1) is 0 Å². The van der Waals surface area contributed by atoms with Crippen molar-refractivity contribution in [3.05, 3.63) is 46.8 Å². The number of nitrogen functional groups attached to an aromatic ring is 1. The predicted octanol–water partition coefficient (Wildman–Crippen LogP) is 2.53. The van der Waals surface area contributed by atoms with Crippen molar-refractivity contribution in [1.29, 1.82) is 0 Å². The van der Waals surface area contributed by atoms with Gasteiger partial charge in [0, 0.05) is 19.2 Å². The summed E-state index contributed by atoms with van der Waals surface area (Å²) in [4.78, 5) is 12.3. The number of nitrogens with two attached hydrogens (primary N) is 1. The topological polar surface area (TPSA) is 66.5 Å². The van der Waals surface area contributed by atoms with Gasteiger partial charge in [-0.3, -0.25) is 4.79 Å². The Hall–Kier alpha value is -2.27. The molecule has 0 aliphatic heterocycles. The molecular formula is C17H22N2O3. The SMILES string of the molecule is COCCn1c(-c2ccccc2OC(C)C)ccc(N)c1=O. The van der Waals surface area contributed by atoms with E-state index in [2.05, 4.69) is 0 Å². The molecule has 118 valence electrons. The maximum Gasteiger partial charge on any atom is 0.274 e. The third kappa shape index (κ3) is 3.49. The van der Waals surface area contributed by atoms with Crippen LogP contribution in [0.5, 0.6) is 5.75 Å². The Morgan fingerprint density at radius 3 is 2.59 bits per heavy atom. The zero-order valence-corrected chi connectivity index (χ0v) is 13.2. The Bertz CT molecular complexity index is 693. The van der Waals surface area contributed by atoms with E-state index < -0.39 is 0 Å². The highest BCUT2D eigenvalue weighted by Gasteiger charge is 2.13. The van der Waals surface area contributed by atoms with Gasteiger partial charge in [-0.15, -0.1) is 0 Å². The first-order valence-electron chi connectivity index (χ1n) is 7.29. The maximum absolute atomic E-state index is 12.3. The second kappa shape index (κ2) is 7.13. The molecule has 1 heterocycles. The molecular weight excluding hydrogens is 280 g/mol. The molecule has 2 aromatic rings. The van der Waals surface area contributed by atoms with Gasteiger partial charge in [0.15, 0.2) is 0 Å². The van der Waals surface area contributed by atoms with Gasteiger partial charge in [0.05, 0.1) is 24.1 Å². The lowest BCUT2D eigenvalue weighted by Gasteiger charge is -2.18. The highest BCUT2D eigenvalue weighted by molar-refractivity contribution is 5.68. The van der Waals surface area contributed by atoms with Gasteiger partial charge in [-0.2, -0.15) is 0 Å². The molecule has 0 aliphatic rings. The molecule has 1 aromatic heterocycles. The Morgan fingerprint density at radius 1 is 1.18 bits per heavy atom. The Labute approximate surface area is 130 Å². The van der Waals surface area contributed by atoms with Gasteiger partial charge in [0.25, 0.3) is 5.56 Å². The molecule has 5 heteroatoms. The molecule has 2 N–H and O–H groups in total. The fourth-order valence-corrected chi connectivity index (χ4v) is 2.27. The second-order valence-electron chi connectivity index (χ2n) is 5.29. The number of anilines is 1. The summed E-state index contributed by atoms with van der Waals surface area (Å²) in [5, 5.41) is 0. The molecule has 5 nitrogen and oxygen atoms in total. The van der Waals surface area contributed by atoms with Gasteiger partial charge >= 0.3 is 0 Å². The molecule has 0 radical (unpaired) electrons. The first-order valence-corrected chi connectivity index (χ1v) is 7.29. The highest BCUT2D eigenvalue weighted by Crippen LogP contribution is 2.30. The summed E-state index contributed by atoms with van der Waals surface area (Å²) < 4.78 is 12.6. The largest absolute Gasteiger partial charge is 0.490 e. The van der Waals surface area contributed by atoms with Crippen molar-refractivity contribution in [3.63, 3.8) is 0 Å². The number of pyridine rings is 1. The van der Waals surface area contributed by atoms with Crippen molar-refractivity contribution in [2.24, 2.45) is 0 Å². The lowest BCUT2D eigenvalue weighted by atomic mass is 10.1. The third-order valence-electron chi connectivity index (χ3n) is 3.25. The van der Waals surface area contributed by atoms with Gasteiger partial charge in [0.2, 0.25) is 0 Å². The van der Waals surface area contributed by atoms with Crippen LogP contribution >= 0.6 is 0 Å². The van der Waals surface area contributed by atoms with E-state index in [1.807, 2.05) is 44.2 Å². The van der Waals surface area contributed by atoms with E-state index in [1.54, 1.807) is 17.7 Å². The quantitative estimate of drug-likeness (QED) is 0.890. The van der Waals surface area contributed by atoms with Crippen LogP contribution in [0.25, 0.3) is 11.3 Å². The summed E-state index contributed by atoms with van der Waals surface area (Å²) in [6.45, 7) is 4.81. The molecule has 0 atom stereocenters. The zero-order valence-electron chi connectivity index (χ0n) is 13.2. The minimum absolute atomic E-state index is 0.0501. The van der Waals surface area contributed by atoms with Crippen molar-refractivity contribution in [2.45, 2.75) is 26.5 Å². The average molecular weight is 302 g/mol. The second-order valence-corrected chi connectivity index (χ2v) is 5.29. The Balaban J connectivity index is 2.57. The predicted molar refractivity (Wildman–Crippen MR) is 88.2 cm³/mol. The number of hydrogen-bond donors (Lipinski definition) is 1. The van der Waals surface area contributed by atoms with Gasteiger partial charge in [0.1, 0.15) is 5.75 Å². The number of ether oxygens (including phenoxy) is 2. The molecule has 0 aliphatic carbocycles. The number of rotatable bonds is 6. The number of benzene rings is 1. The van der Waals surface area contributed by atoms with E-state index in [0.717, 1.165) is 17.0 Å². The number of nitrogens with zero attached hydrogens (tertiary/aromatic N) is 1. The standard InChI is InChI=1S/C17H22N2O3/c1-12(2)22-16-7-5-4-6-13(16)15-9-8-14(18)17(20)19(15)10-11-21-3/h4-9,12H,10-11,18H2,1-3H3. The lowest BCUT2D eigenvalue weighted by molar-refractivity contribution is 0.186. The van der Waals surface area contributed by atoms with E-state index >= 15 is 0 Å². The third-order valence-corrected chi connectivity index (χ3v) is 3.25. The van der Waals surface area contributed by atoms with Gasteiger partial charge < -0.3 is 19.8 Å². The molecule has 0 amide bonds. The van der Waals surface area contributed by atoms with Crippen LogP contribution in [0.1, 0.15) is 13.8 Å². The van der Waals surface area contributed by atoms with Crippen LogP contribution in [0.15, 0.2) is 41.2 Å². The number of aromatic nitrogens is 1. The van der Waals surface area contributed by atoms with Crippen molar-refractivity contribution in [3.8, 4) is 17.0 Å². The molecule has 2 rings (SSSR count). The smallest absolute Gasteiger partial charge is 0.274 e. The summed E-state index contributed by atoms with van der Waals surface area (Å²) in [7, 11) is 1.60. The van der Waals surface area contributed by atoms with Crippen LogP contribution in [-0.2, 0) is 11.3 Å². The first-order chi connectivity index (χ1) is 10.5. The Kier molecular flexibility index (Phi) is 5.22. The van der Waals surface area contributed by atoms with E-state index in [4.69, 9.17) is 15.2 Å². The van der Waals surface area contributed by atoms with Crippen LogP contribution in [0.3, 0.4) is 0 Å². The summed E-state index contributed by atoms with van der Waals surface area (Å²) in [6, 6.07) is 11.1. The summed E-state index contributed by atoms with van der Waals surface area (Å²) >= 11 is 0. The normalized spacial score (nSPS) is 10.9. The van der Waals surface area contributed by atoms with Crippen molar-refractivity contribution in [2.75, 3.05) is 19.5 Å². The van der Waals surface area contributed by atoms with Gasteiger partial charge in [-0.1, -0.05) is 12.1 Å². The molecule has 0 unspecified atom stereocenters. The van der Waals surface area contributed by atoms with Crippen molar-refractivity contribution in [1.82, 2.24) is 4.57 Å². The van der Waals surface area contributed by atoms with Crippen molar-refractivity contribution < 1.29 is 9.47 Å². The summed E-state index contributed by atoms with van der Waals surface area (Å²) in [6.07, 6.45) is 0.0501. The van der Waals surface area contributed by atoms with Crippen LogP contribution in [-0.4, -0.2) is 24.4 Å². The van der Waals surface area contributed by atoms with E-state index in [9.17, 15) is 4.79 Å². The number of para-hydroxylation sites is 1. The van der Waals surface area contributed by atoms with Gasteiger partial charge in [-0.25, -0.2) is 0 Å². The molecule has 0 fully saturated rings. The lowest BCUT2D eigenvalue weighted by Crippen LogP contribution is -2.26. The first kappa shape index (κ1) is 16.1. The van der Waals surface area contributed by atoms with Crippen LogP contribution in [0.2, 0.25) is 0 Å². The van der Waals surface area contributed by atoms with E-state index in [1.165, 1.54) is 0 Å². The van der Waals surface area contributed by atoms with E-state index in [0.29, 0.717) is 13.2 Å². The molecule has 0 spiro atoms. The molecule has 22 heavy (non-hydrogen) atoms. The number of methoxy groups -OCH3 is 1. The van der Waals surface area contributed by atoms with Crippen molar-refractivity contribution >= 4 is 5.69 Å². The minimum atomic E-state index is -0.214. The van der Waals surface area contributed by atoms with Gasteiger partial charge in [-0.05, 0) is 38.1 Å². The fraction of sp³-hybridized carbons (Fsp3) is 0.353.